The molecule has 1 N–H and O–H groups in total. The number of carbonyl (C=O) groups is 1. The van der Waals surface area contributed by atoms with E-state index in [1.54, 1.807) is 0 Å². The Morgan fingerprint density at radius 3 is 1.75 bits per heavy atom. The maximum atomic E-state index is 8.36. The van der Waals surface area contributed by atoms with E-state index < -0.39 is 0 Å². The van der Waals surface area contributed by atoms with Gasteiger partial charge in [0.25, 0.3) is 6.47 Å². The SMILES string of the molecule is O=CO.[GaH3]. The summed E-state index contributed by atoms with van der Waals surface area (Å²) in [7, 11) is 0. The molecule has 0 aromatic carbocycles. The monoisotopic (exact) mass is 118 g/mol. The van der Waals surface area contributed by atoms with Gasteiger partial charge in [-0.1, -0.05) is 0 Å². The van der Waals surface area contributed by atoms with Crippen LogP contribution in [0.15, 0.2) is 0 Å². The molecule has 2 nitrogen and oxygen atoms in total. The Morgan fingerprint density at radius 1 is 1.75 bits per heavy atom. The van der Waals surface area contributed by atoms with E-state index in [1.165, 1.54) is 0 Å². The Kier molecular flexibility index (Phi) is 25.1. The molecule has 0 aromatic rings. The van der Waals surface area contributed by atoms with E-state index >= 15 is 0 Å². The quantitative estimate of drug-likeness (QED) is 0.311. The minimum atomic E-state index is -0.250. The van der Waals surface area contributed by atoms with Crippen LogP contribution in [-0.2, 0) is 4.79 Å². The van der Waals surface area contributed by atoms with Crippen LogP contribution in [0, 0.1) is 0 Å². The number of rotatable bonds is 0. The fourth-order valence-corrected chi connectivity index (χ4v) is 0. The van der Waals surface area contributed by atoms with Crippen molar-refractivity contribution in [2.24, 2.45) is 0 Å². The fraction of sp³-hybridized carbons (Fsp3) is 0. The predicted molar refractivity (Wildman–Crippen MR) is 18.6 cm³/mol. The topological polar surface area (TPSA) is 37.3 Å². The van der Waals surface area contributed by atoms with Crippen molar-refractivity contribution < 1.29 is 9.90 Å². The van der Waals surface area contributed by atoms with E-state index in [9.17, 15) is 0 Å². The Balaban J connectivity index is 0. The van der Waals surface area contributed by atoms with Crippen LogP contribution in [0.2, 0.25) is 0 Å². The summed E-state index contributed by atoms with van der Waals surface area (Å²) in [4.78, 5) is 8.36. The Labute approximate surface area is 36.9 Å². The second-order valence-electron chi connectivity index (χ2n) is 0.105. The summed E-state index contributed by atoms with van der Waals surface area (Å²) >= 11 is 0. The molecule has 3 heteroatoms. The molecule has 0 atom stereocenters. The summed E-state index contributed by atoms with van der Waals surface area (Å²) in [6, 6.07) is 0. The van der Waals surface area contributed by atoms with Gasteiger partial charge in [-0.05, 0) is 0 Å². The zero-order valence-corrected chi connectivity index (χ0v) is 1.43. The van der Waals surface area contributed by atoms with Gasteiger partial charge in [0.2, 0.25) is 0 Å². The molecule has 0 rings (SSSR count). The van der Waals surface area contributed by atoms with Gasteiger partial charge in [0.1, 0.15) is 0 Å². The number of carboxylic acid groups (broad SMARTS) is 1. The average Bonchev–Trinajstić information content (AvgIpc) is 0.918. The molecule has 0 saturated carbocycles. The van der Waals surface area contributed by atoms with Crippen molar-refractivity contribution in [3.63, 3.8) is 0 Å². The number of hydrogen-bond acceptors (Lipinski definition) is 1. The van der Waals surface area contributed by atoms with Crippen molar-refractivity contribution in [2.45, 2.75) is 0 Å². The first-order valence-electron chi connectivity index (χ1n) is 0.494. The summed E-state index contributed by atoms with van der Waals surface area (Å²) in [6.45, 7) is -0.250. The van der Waals surface area contributed by atoms with Gasteiger partial charge in [-0.2, -0.15) is 0 Å². The summed E-state index contributed by atoms with van der Waals surface area (Å²) in [5, 5.41) is 6.89. The Hall–Kier alpha value is 0.106. The molecule has 0 heterocycles. The molecule has 0 saturated heterocycles. The predicted octanol–water partition coefficient (Wildman–Crippen LogP) is -1.48. The van der Waals surface area contributed by atoms with Crippen LogP contribution in [-0.4, -0.2) is 31.4 Å². The van der Waals surface area contributed by atoms with Gasteiger partial charge in [-0.25, -0.2) is 0 Å². The van der Waals surface area contributed by atoms with E-state index in [-0.39, 0.29) is 26.3 Å². The van der Waals surface area contributed by atoms with Gasteiger partial charge in [0.05, 0.1) is 0 Å². The summed E-state index contributed by atoms with van der Waals surface area (Å²) in [5.41, 5.74) is 0. The summed E-state index contributed by atoms with van der Waals surface area (Å²) < 4.78 is 0. The van der Waals surface area contributed by atoms with Crippen LogP contribution in [0.5, 0.6) is 0 Å². The second-order valence-corrected chi connectivity index (χ2v) is 0.105. The molecule has 0 aromatic heterocycles. The molecule has 24 valence electrons. The fourth-order valence-electron chi connectivity index (χ4n) is 0. The Bertz CT molecular complexity index is 13.5. The second kappa shape index (κ2) is 11.3. The van der Waals surface area contributed by atoms with Gasteiger partial charge < -0.3 is 5.11 Å². The molecule has 0 aliphatic rings. The molecule has 0 aliphatic carbocycles. The number of hydrogen-bond donors (Lipinski definition) is 1. The molecular formula is CH5GaO2. The van der Waals surface area contributed by atoms with Crippen molar-refractivity contribution in [2.75, 3.05) is 0 Å². The van der Waals surface area contributed by atoms with Crippen LogP contribution >= 0.6 is 0 Å². The van der Waals surface area contributed by atoms with Crippen molar-refractivity contribution in [1.29, 1.82) is 0 Å². The normalized spacial score (nSPS) is 3.00. The molecule has 0 unspecified atom stereocenters. The molecule has 0 radical (unpaired) electrons. The minimum absolute atomic E-state index is 0. The molecule has 0 bridgehead atoms. The zero-order chi connectivity index (χ0) is 2.71. The van der Waals surface area contributed by atoms with Crippen molar-refractivity contribution in [3.8, 4) is 0 Å². The average molecular weight is 119 g/mol. The van der Waals surface area contributed by atoms with Gasteiger partial charge in [0, 0.05) is 0 Å². The van der Waals surface area contributed by atoms with Gasteiger partial charge >= 0.3 is 19.8 Å². The maximum absolute atomic E-state index is 8.36. The van der Waals surface area contributed by atoms with Gasteiger partial charge in [0.15, 0.2) is 0 Å². The first kappa shape index (κ1) is 8.93. The van der Waals surface area contributed by atoms with E-state index in [0.29, 0.717) is 0 Å². The van der Waals surface area contributed by atoms with Gasteiger partial charge in [-0.15, -0.1) is 0 Å². The van der Waals surface area contributed by atoms with Crippen molar-refractivity contribution >= 4 is 26.3 Å². The van der Waals surface area contributed by atoms with Crippen molar-refractivity contribution in [3.05, 3.63) is 0 Å². The first-order valence-corrected chi connectivity index (χ1v) is 0.494. The molecule has 0 amide bonds. The molecule has 0 aliphatic heterocycles. The molecular weight excluding hydrogens is 114 g/mol. The summed E-state index contributed by atoms with van der Waals surface area (Å²) in [5.74, 6) is 0. The third-order valence-electron chi connectivity index (χ3n) is 0. The Morgan fingerprint density at radius 2 is 1.75 bits per heavy atom. The van der Waals surface area contributed by atoms with Crippen LogP contribution in [0.25, 0.3) is 0 Å². The van der Waals surface area contributed by atoms with Crippen LogP contribution in [0.4, 0.5) is 0 Å². The van der Waals surface area contributed by atoms with E-state index in [2.05, 4.69) is 0 Å². The van der Waals surface area contributed by atoms with E-state index in [1.807, 2.05) is 0 Å². The van der Waals surface area contributed by atoms with Crippen molar-refractivity contribution in [1.82, 2.24) is 0 Å². The summed E-state index contributed by atoms with van der Waals surface area (Å²) in [6.07, 6.45) is 0. The first-order chi connectivity index (χ1) is 1.41. The van der Waals surface area contributed by atoms with E-state index in [0.717, 1.165) is 0 Å². The van der Waals surface area contributed by atoms with Crippen LogP contribution < -0.4 is 0 Å². The standard InChI is InChI=1S/CH2O2.Ga.3H/c2-1-3;;;;/h1H,(H,2,3);;;;. The molecule has 4 heavy (non-hydrogen) atoms. The van der Waals surface area contributed by atoms with Gasteiger partial charge in [-0.3, -0.25) is 4.79 Å². The zero-order valence-electron chi connectivity index (χ0n) is 1.43. The third kappa shape index (κ3) is 228. The third-order valence-corrected chi connectivity index (χ3v) is 0. The van der Waals surface area contributed by atoms with E-state index in [4.69, 9.17) is 9.90 Å². The molecule has 0 fully saturated rings. The van der Waals surface area contributed by atoms with Crippen LogP contribution in [0.1, 0.15) is 0 Å². The van der Waals surface area contributed by atoms with Crippen LogP contribution in [0.3, 0.4) is 0 Å². The molecule has 0 spiro atoms.